The van der Waals surface area contributed by atoms with Crippen LogP contribution in [0.1, 0.15) is 27.2 Å². The molecule has 1 unspecified atom stereocenters. The van der Waals surface area contributed by atoms with E-state index in [9.17, 15) is 4.79 Å². The molecule has 0 bridgehead atoms. The van der Waals surface area contributed by atoms with E-state index in [1.54, 1.807) is 6.92 Å². The molecule has 0 aromatic carbocycles. The Morgan fingerprint density at radius 1 is 1.35 bits per heavy atom. The maximum absolute atomic E-state index is 11.4. The van der Waals surface area contributed by atoms with Crippen molar-refractivity contribution < 1.29 is 9.53 Å². The van der Waals surface area contributed by atoms with Gasteiger partial charge in [0.15, 0.2) is 5.11 Å². The number of nitrogens with one attached hydrogen (secondary N) is 3. The average molecular weight is 261 g/mol. The molecule has 0 aliphatic carbocycles. The summed E-state index contributed by atoms with van der Waals surface area (Å²) < 4.78 is 5.20. The fourth-order valence-corrected chi connectivity index (χ4v) is 1.44. The van der Waals surface area contributed by atoms with Crippen molar-refractivity contribution in [1.82, 2.24) is 16.0 Å². The van der Waals surface area contributed by atoms with Gasteiger partial charge in [-0.05, 0) is 39.4 Å². The summed E-state index contributed by atoms with van der Waals surface area (Å²) in [4.78, 5) is 11.4. The first-order valence-corrected chi connectivity index (χ1v) is 6.42. The van der Waals surface area contributed by atoms with Crippen molar-refractivity contribution in [2.24, 2.45) is 0 Å². The Balaban J connectivity index is 3.60. The summed E-state index contributed by atoms with van der Waals surface area (Å²) in [5.74, 6) is -0.0500. The standard InChI is InChI=1S/C11H23N3O2S/c1-4-12-10(15)9(3)14-11(17)13-7-6-8-16-5-2/h9H,4-8H2,1-3H3,(H,12,15)(H2,13,14,17). The van der Waals surface area contributed by atoms with Crippen molar-refractivity contribution in [3.8, 4) is 0 Å². The van der Waals surface area contributed by atoms with Crippen LogP contribution in [0, 0.1) is 0 Å². The lowest BCUT2D eigenvalue weighted by molar-refractivity contribution is -0.122. The van der Waals surface area contributed by atoms with Crippen LogP contribution in [0.5, 0.6) is 0 Å². The van der Waals surface area contributed by atoms with Crippen molar-refractivity contribution in [3.05, 3.63) is 0 Å². The Bertz CT molecular complexity index is 237. The highest BCUT2D eigenvalue weighted by molar-refractivity contribution is 7.80. The second-order valence-corrected chi connectivity index (χ2v) is 3.98. The molecule has 1 amide bonds. The molecule has 0 fully saturated rings. The maximum atomic E-state index is 11.4. The molecule has 0 spiro atoms. The van der Waals surface area contributed by atoms with Gasteiger partial charge in [0.25, 0.3) is 0 Å². The number of ether oxygens (including phenoxy) is 1. The van der Waals surface area contributed by atoms with Gasteiger partial charge in [-0.15, -0.1) is 0 Å². The lowest BCUT2D eigenvalue weighted by Gasteiger charge is -2.16. The Morgan fingerprint density at radius 2 is 2.06 bits per heavy atom. The zero-order chi connectivity index (χ0) is 13.1. The van der Waals surface area contributed by atoms with Crippen LogP contribution in [0.4, 0.5) is 0 Å². The maximum Gasteiger partial charge on any atom is 0.242 e. The van der Waals surface area contributed by atoms with Crippen LogP contribution in [-0.4, -0.2) is 43.4 Å². The molecule has 0 heterocycles. The van der Waals surface area contributed by atoms with E-state index in [0.29, 0.717) is 11.7 Å². The minimum absolute atomic E-state index is 0.0500. The van der Waals surface area contributed by atoms with Crippen molar-refractivity contribution in [2.45, 2.75) is 33.2 Å². The Labute approximate surface area is 109 Å². The molecular formula is C11H23N3O2S. The molecule has 0 rings (SSSR count). The third kappa shape index (κ3) is 8.88. The summed E-state index contributed by atoms with van der Waals surface area (Å²) >= 11 is 5.07. The first-order valence-electron chi connectivity index (χ1n) is 6.01. The van der Waals surface area contributed by atoms with Gasteiger partial charge in [-0.3, -0.25) is 4.79 Å². The fourth-order valence-electron chi connectivity index (χ4n) is 1.16. The van der Waals surface area contributed by atoms with Crippen LogP contribution >= 0.6 is 12.2 Å². The number of carbonyl (C=O) groups excluding carboxylic acids is 1. The summed E-state index contributed by atoms with van der Waals surface area (Å²) in [5.41, 5.74) is 0. The predicted octanol–water partition coefficient (Wildman–Crippen LogP) is 0.402. The van der Waals surface area contributed by atoms with Crippen LogP contribution in [0.15, 0.2) is 0 Å². The first-order chi connectivity index (χ1) is 8.11. The first kappa shape index (κ1) is 16.1. The number of hydrogen-bond donors (Lipinski definition) is 3. The topological polar surface area (TPSA) is 62.4 Å². The average Bonchev–Trinajstić information content (AvgIpc) is 2.29. The van der Waals surface area contributed by atoms with Crippen LogP contribution < -0.4 is 16.0 Å². The molecule has 0 aliphatic heterocycles. The monoisotopic (exact) mass is 261 g/mol. The molecule has 0 aliphatic rings. The predicted molar refractivity (Wildman–Crippen MR) is 73.0 cm³/mol. The van der Waals surface area contributed by atoms with E-state index in [1.165, 1.54) is 0 Å². The smallest absolute Gasteiger partial charge is 0.242 e. The van der Waals surface area contributed by atoms with E-state index in [1.807, 2.05) is 13.8 Å². The van der Waals surface area contributed by atoms with E-state index < -0.39 is 0 Å². The van der Waals surface area contributed by atoms with E-state index in [-0.39, 0.29) is 11.9 Å². The Hall–Kier alpha value is -0.880. The van der Waals surface area contributed by atoms with Crippen LogP contribution in [0.2, 0.25) is 0 Å². The van der Waals surface area contributed by atoms with Crippen molar-refractivity contribution >= 4 is 23.2 Å². The lowest BCUT2D eigenvalue weighted by atomic mass is 10.3. The summed E-state index contributed by atoms with van der Waals surface area (Å²) in [6, 6.07) is -0.318. The number of hydrogen-bond acceptors (Lipinski definition) is 3. The molecular weight excluding hydrogens is 238 g/mol. The molecule has 17 heavy (non-hydrogen) atoms. The van der Waals surface area contributed by atoms with Gasteiger partial charge in [-0.2, -0.15) is 0 Å². The fraction of sp³-hybridized carbons (Fsp3) is 0.818. The number of carbonyl (C=O) groups is 1. The summed E-state index contributed by atoms with van der Waals surface area (Å²) in [7, 11) is 0. The quantitative estimate of drug-likeness (QED) is 0.436. The summed E-state index contributed by atoms with van der Waals surface area (Å²) in [6.07, 6.45) is 0.894. The van der Waals surface area contributed by atoms with Crippen molar-refractivity contribution in [2.75, 3.05) is 26.3 Å². The molecule has 0 saturated carbocycles. The van der Waals surface area contributed by atoms with Crippen molar-refractivity contribution in [3.63, 3.8) is 0 Å². The lowest BCUT2D eigenvalue weighted by Crippen LogP contribution is -2.48. The van der Waals surface area contributed by atoms with Gasteiger partial charge in [0.05, 0.1) is 0 Å². The number of thiocarbonyl (C=S) groups is 1. The minimum atomic E-state index is -0.318. The highest BCUT2D eigenvalue weighted by Gasteiger charge is 2.11. The van der Waals surface area contributed by atoms with Gasteiger partial charge < -0.3 is 20.7 Å². The van der Waals surface area contributed by atoms with E-state index in [2.05, 4.69) is 16.0 Å². The molecule has 0 aromatic heterocycles. The zero-order valence-electron chi connectivity index (χ0n) is 10.8. The van der Waals surface area contributed by atoms with Gasteiger partial charge in [0.1, 0.15) is 6.04 Å². The number of rotatable bonds is 8. The third-order valence-corrected chi connectivity index (χ3v) is 2.31. The SMILES string of the molecule is CCNC(=O)C(C)NC(=S)NCCCOCC. The van der Waals surface area contributed by atoms with E-state index in [4.69, 9.17) is 17.0 Å². The van der Waals surface area contributed by atoms with Gasteiger partial charge >= 0.3 is 0 Å². The van der Waals surface area contributed by atoms with E-state index in [0.717, 1.165) is 26.2 Å². The largest absolute Gasteiger partial charge is 0.382 e. The molecule has 3 N–H and O–H groups in total. The van der Waals surface area contributed by atoms with Crippen molar-refractivity contribution in [1.29, 1.82) is 0 Å². The van der Waals surface area contributed by atoms with Crippen LogP contribution in [-0.2, 0) is 9.53 Å². The molecule has 1 atom stereocenters. The molecule has 0 radical (unpaired) electrons. The minimum Gasteiger partial charge on any atom is -0.382 e. The third-order valence-electron chi connectivity index (χ3n) is 2.05. The Morgan fingerprint density at radius 3 is 2.65 bits per heavy atom. The number of likely N-dealkylation sites (N-methyl/N-ethyl adjacent to an activating group) is 1. The number of amides is 1. The molecule has 100 valence electrons. The van der Waals surface area contributed by atoms with Crippen LogP contribution in [0.3, 0.4) is 0 Å². The molecule has 0 aromatic rings. The second kappa shape index (κ2) is 10.3. The van der Waals surface area contributed by atoms with Gasteiger partial charge in [-0.1, -0.05) is 0 Å². The van der Waals surface area contributed by atoms with Gasteiger partial charge in [-0.25, -0.2) is 0 Å². The van der Waals surface area contributed by atoms with Crippen LogP contribution in [0.25, 0.3) is 0 Å². The summed E-state index contributed by atoms with van der Waals surface area (Å²) in [6.45, 7) is 8.45. The highest BCUT2D eigenvalue weighted by atomic mass is 32.1. The van der Waals surface area contributed by atoms with Gasteiger partial charge in [0, 0.05) is 26.3 Å². The molecule has 6 heteroatoms. The summed E-state index contributed by atoms with van der Waals surface area (Å²) in [5, 5.41) is 9.18. The van der Waals surface area contributed by atoms with Gasteiger partial charge in [0.2, 0.25) is 5.91 Å². The highest BCUT2D eigenvalue weighted by Crippen LogP contribution is 1.84. The second-order valence-electron chi connectivity index (χ2n) is 3.57. The van der Waals surface area contributed by atoms with E-state index >= 15 is 0 Å². The zero-order valence-corrected chi connectivity index (χ0v) is 11.7. The molecule has 5 nitrogen and oxygen atoms in total. The molecule has 0 saturated heterocycles. The Kier molecular flexibility index (Phi) is 9.75. The normalized spacial score (nSPS) is 11.7.